The predicted molar refractivity (Wildman–Crippen MR) is 64.5 cm³/mol. The number of rotatable bonds is 6. The minimum Gasteiger partial charge on any atom is -0.346 e. The van der Waals surface area contributed by atoms with E-state index in [0.717, 1.165) is 11.3 Å². The van der Waals surface area contributed by atoms with E-state index in [1.165, 1.54) is 5.56 Å². The number of hydrogen-bond acceptors (Lipinski definition) is 3. The van der Waals surface area contributed by atoms with Crippen LogP contribution in [0.25, 0.3) is 0 Å². The SMILES string of the molecule is CCc1ccsc1CNCC(=O)NCC(F)(F)F. The molecule has 0 saturated heterocycles. The lowest BCUT2D eigenvalue weighted by Crippen LogP contribution is -2.39. The Kier molecular flexibility index (Phi) is 5.61. The molecule has 1 aromatic heterocycles. The molecule has 1 rings (SSSR count). The molecule has 0 bridgehead atoms. The van der Waals surface area contributed by atoms with Crippen LogP contribution in [-0.2, 0) is 17.8 Å². The molecular weight excluding hydrogens is 265 g/mol. The first-order valence-corrected chi connectivity index (χ1v) is 6.39. The van der Waals surface area contributed by atoms with Crippen molar-refractivity contribution in [1.82, 2.24) is 10.6 Å². The Morgan fingerprint density at radius 2 is 2.17 bits per heavy atom. The maximum Gasteiger partial charge on any atom is 0.405 e. The summed E-state index contributed by atoms with van der Waals surface area (Å²) >= 11 is 1.57. The molecule has 102 valence electrons. The minimum absolute atomic E-state index is 0.114. The van der Waals surface area contributed by atoms with Crippen LogP contribution in [0.3, 0.4) is 0 Å². The molecule has 0 atom stereocenters. The maximum absolute atomic E-state index is 11.8. The number of alkyl halides is 3. The quantitative estimate of drug-likeness (QED) is 0.837. The van der Waals surface area contributed by atoms with Crippen molar-refractivity contribution >= 4 is 17.2 Å². The van der Waals surface area contributed by atoms with Crippen LogP contribution >= 0.6 is 11.3 Å². The van der Waals surface area contributed by atoms with Crippen molar-refractivity contribution in [3.8, 4) is 0 Å². The van der Waals surface area contributed by atoms with Crippen LogP contribution in [0.15, 0.2) is 11.4 Å². The van der Waals surface area contributed by atoms with Crippen molar-refractivity contribution in [3.63, 3.8) is 0 Å². The van der Waals surface area contributed by atoms with Gasteiger partial charge in [0.05, 0.1) is 6.54 Å². The van der Waals surface area contributed by atoms with E-state index in [9.17, 15) is 18.0 Å². The molecule has 0 radical (unpaired) electrons. The first-order chi connectivity index (χ1) is 8.42. The smallest absolute Gasteiger partial charge is 0.346 e. The summed E-state index contributed by atoms with van der Waals surface area (Å²) in [6, 6.07) is 2.01. The summed E-state index contributed by atoms with van der Waals surface area (Å²) < 4.78 is 35.5. The van der Waals surface area contributed by atoms with Gasteiger partial charge in [0.25, 0.3) is 0 Å². The van der Waals surface area contributed by atoms with Crippen LogP contribution in [0.2, 0.25) is 0 Å². The van der Waals surface area contributed by atoms with E-state index in [1.54, 1.807) is 11.3 Å². The van der Waals surface area contributed by atoms with Gasteiger partial charge in [0.2, 0.25) is 5.91 Å². The highest BCUT2D eigenvalue weighted by Crippen LogP contribution is 2.16. The van der Waals surface area contributed by atoms with Gasteiger partial charge in [-0.05, 0) is 23.4 Å². The molecule has 0 spiro atoms. The largest absolute Gasteiger partial charge is 0.405 e. The van der Waals surface area contributed by atoms with Gasteiger partial charge in [0.1, 0.15) is 6.54 Å². The van der Waals surface area contributed by atoms with Crippen LogP contribution in [0.1, 0.15) is 17.4 Å². The van der Waals surface area contributed by atoms with Crippen molar-refractivity contribution in [2.75, 3.05) is 13.1 Å². The Morgan fingerprint density at radius 3 is 2.78 bits per heavy atom. The van der Waals surface area contributed by atoms with E-state index in [-0.39, 0.29) is 6.54 Å². The van der Waals surface area contributed by atoms with E-state index in [1.807, 2.05) is 23.7 Å². The Balaban J connectivity index is 2.24. The average molecular weight is 280 g/mol. The molecule has 0 aliphatic heterocycles. The van der Waals surface area contributed by atoms with Crippen LogP contribution in [-0.4, -0.2) is 25.2 Å². The molecule has 1 amide bonds. The number of aryl methyl sites for hydroxylation is 1. The molecule has 0 fully saturated rings. The lowest BCUT2D eigenvalue weighted by Gasteiger charge is -2.09. The zero-order valence-corrected chi connectivity index (χ0v) is 10.8. The van der Waals surface area contributed by atoms with Gasteiger partial charge in [-0.1, -0.05) is 6.92 Å². The zero-order chi connectivity index (χ0) is 13.6. The van der Waals surface area contributed by atoms with E-state index in [2.05, 4.69) is 5.32 Å². The van der Waals surface area contributed by atoms with Crippen LogP contribution < -0.4 is 10.6 Å². The van der Waals surface area contributed by atoms with Gasteiger partial charge in [0.15, 0.2) is 0 Å². The molecule has 18 heavy (non-hydrogen) atoms. The Morgan fingerprint density at radius 1 is 1.44 bits per heavy atom. The van der Waals surface area contributed by atoms with Gasteiger partial charge in [0, 0.05) is 11.4 Å². The number of halogens is 3. The highest BCUT2D eigenvalue weighted by molar-refractivity contribution is 7.10. The summed E-state index contributed by atoms with van der Waals surface area (Å²) in [5.41, 5.74) is 1.20. The maximum atomic E-state index is 11.8. The summed E-state index contributed by atoms with van der Waals surface area (Å²) in [7, 11) is 0. The van der Waals surface area contributed by atoms with Gasteiger partial charge in [-0.15, -0.1) is 11.3 Å². The first kappa shape index (κ1) is 15.0. The summed E-state index contributed by atoms with van der Waals surface area (Å²) in [5, 5.41) is 6.60. The summed E-state index contributed by atoms with van der Waals surface area (Å²) in [4.78, 5) is 12.2. The fourth-order valence-electron chi connectivity index (χ4n) is 1.39. The molecule has 0 aromatic carbocycles. The molecule has 0 saturated carbocycles. The molecule has 3 nitrogen and oxygen atoms in total. The number of thiophene rings is 1. The van der Waals surface area contributed by atoms with Crippen LogP contribution in [0, 0.1) is 0 Å². The molecule has 0 aliphatic rings. The lowest BCUT2D eigenvalue weighted by molar-refractivity contribution is -0.137. The molecule has 7 heteroatoms. The van der Waals surface area contributed by atoms with E-state index in [0.29, 0.717) is 6.54 Å². The van der Waals surface area contributed by atoms with E-state index >= 15 is 0 Å². The fraction of sp³-hybridized carbons (Fsp3) is 0.545. The Bertz CT molecular complexity index is 390. The summed E-state index contributed by atoms with van der Waals surface area (Å²) in [6.45, 7) is 1.13. The molecular formula is C11H15F3N2OS. The monoisotopic (exact) mass is 280 g/mol. The second kappa shape index (κ2) is 6.75. The predicted octanol–water partition coefficient (Wildman–Crippen LogP) is 2.08. The van der Waals surface area contributed by atoms with Crippen molar-refractivity contribution < 1.29 is 18.0 Å². The first-order valence-electron chi connectivity index (χ1n) is 5.51. The number of carbonyl (C=O) groups excluding carboxylic acids is 1. The fourth-order valence-corrected chi connectivity index (χ4v) is 2.33. The third-order valence-electron chi connectivity index (χ3n) is 2.28. The van der Waals surface area contributed by atoms with Crippen LogP contribution in [0.5, 0.6) is 0 Å². The molecule has 2 N–H and O–H groups in total. The highest BCUT2D eigenvalue weighted by atomic mass is 32.1. The second-order valence-electron chi connectivity index (χ2n) is 3.72. The van der Waals surface area contributed by atoms with Gasteiger partial charge in [-0.3, -0.25) is 4.79 Å². The Hall–Kier alpha value is -1.08. The van der Waals surface area contributed by atoms with Gasteiger partial charge >= 0.3 is 6.18 Å². The van der Waals surface area contributed by atoms with Gasteiger partial charge < -0.3 is 10.6 Å². The van der Waals surface area contributed by atoms with Crippen molar-refractivity contribution in [2.45, 2.75) is 26.1 Å². The number of nitrogens with one attached hydrogen (secondary N) is 2. The van der Waals surface area contributed by atoms with Crippen molar-refractivity contribution in [1.29, 1.82) is 0 Å². The summed E-state index contributed by atoms with van der Waals surface area (Å²) in [6.07, 6.45) is -3.46. The van der Waals surface area contributed by atoms with Crippen molar-refractivity contribution in [2.24, 2.45) is 0 Å². The minimum atomic E-state index is -4.36. The number of carbonyl (C=O) groups is 1. The third kappa shape index (κ3) is 5.50. The standard InChI is InChI=1S/C11H15F3N2OS/c1-2-8-3-4-18-9(8)5-15-6-10(17)16-7-11(12,13)14/h3-4,15H,2,5-7H2,1H3,(H,16,17). The number of hydrogen-bond donors (Lipinski definition) is 2. The van der Waals surface area contributed by atoms with Crippen molar-refractivity contribution in [3.05, 3.63) is 21.9 Å². The zero-order valence-electron chi connectivity index (χ0n) is 9.93. The lowest BCUT2D eigenvalue weighted by atomic mass is 10.2. The Labute approximate surface area is 107 Å². The van der Waals surface area contributed by atoms with Crippen LogP contribution in [0.4, 0.5) is 13.2 Å². The molecule has 1 heterocycles. The second-order valence-corrected chi connectivity index (χ2v) is 4.72. The van der Waals surface area contributed by atoms with E-state index < -0.39 is 18.6 Å². The summed E-state index contributed by atoms with van der Waals surface area (Å²) in [5.74, 6) is -0.651. The highest BCUT2D eigenvalue weighted by Gasteiger charge is 2.27. The molecule has 0 unspecified atom stereocenters. The normalized spacial score (nSPS) is 11.6. The molecule has 0 aliphatic carbocycles. The third-order valence-corrected chi connectivity index (χ3v) is 3.24. The van der Waals surface area contributed by atoms with Gasteiger partial charge in [-0.25, -0.2) is 0 Å². The molecule has 1 aromatic rings. The number of amides is 1. The average Bonchev–Trinajstić information content (AvgIpc) is 2.73. The van der Waals surface area contributed by atoms with E-state index in [4.69, 9.17) is 0 Å². The van der Waals surface area contributed by atoms with Gasteiger partial charge in [-0.2, -0.15) is 13.2 Å². The topological polar surface area (TPSA) is 41.1 Å².